The van der Waals surface area contributed by atoms with Crippen LogP contribution in [0, 0.1) is 5.92 Å². The van der Waals surface area contributed by atoms with Crippen LogP contribution in [-0.4, -0.2) is 29.8 Å². The highest BCUT2D eigenvalue weighted by atomic mass is 16.5. The van der Waals surface area contributed by atoms with E-state index in [-0.39, 0.29) is 12.5 Å². The summed E-state index contributed by atoms with van der Waals surface area (Å²) in [5, 5.41) is 12.4. The molecule has 4 heteroatoms. The Kier molecular flexibility index (Phi) is 6.69. The molecule has 1 rings (SSSR count). The maximum Gasteiger partial charge on any atom is 0.251 e. The summed E-state index contributed by atoms with van der Waals surface area (Å²) >= 11 is 0. The summed E-state index contributed by atoms with van der Waals surface area (Å²) in [5.74, 6) is 1.06. The topological polar surface area (TPSA) is 58.6 Å². The van der Waals surface area contributed by atoms with Crippen molar-refractivity contribution in [1.82, 2.24) is 5.32 Å². The second-order valence-corrected chi connectivity index (χ2v) is 5.83. The summed E-state index contributed by atoms with van der Waals surface area (Å²) in [6, 6.07) is 7.10. The van der Waals surface area contributed by atoms with Crippen molar-refractivity contribution in [1.29, 1.82) is 0 Å². The van der Waals surface area contributed by atoms with Crippen molar-refractivity contribution in [3.8, 4) is 5.75 Å². The number of rotatable bonds is 8. The smallest absolute Gasteiger partial charge is 0.251 e. The predicted octanol–water partition coefficient (Wildman–Crippen LogP) is 3.00. The van der Waals surface area contributed by atoms with E-state index in [1.165, 1.54) is 0 Å². The van der Waals surface area contributed by atoms with Gasteiger partial charge in [-0.1, -0.05) is 27.7 Å². The Bertz CT molecular complexity index is 428. The second kappa shape index (κ2) is 8.03. The van der Waals surface area contributed by atoms with E-state index in [1.54, 1.807) is 24.3 Å². The Balaban J connectivity index is 2.70. The molecule has 0 spiro atoms. The van der Waals surface area contributed by atoms with Gasteiger partial charge in [0.2, 0.25) is 0 Å². The summed E-state index contributed by atoms with van der Waals surface area (Å²) in [6.07, 6.45) is 1.39. The monoisotopic (exact) mass is 293 g/mol. The molecule has 21 heavy (non-hydrogen) atoms. The number of carbonyl (C=O) groups excluding carboxylic acids is 1. The van der Waals surface area contributed by atoms with Crippen molar-refractivity contribution in [2.45, 2.75) is 46.1 Å². The lowest BCUT2D eigenvalue weighted by atomic mass is 9.93. The number of amides is 1. The molecule has 1 amide bonds. The Hall–Kier alpha value is -1.55. The zero-order valence-corrected chi connectivity index (χ0v) is 13.5. The maximum atomic E-state index is 12.3. The van der Waals surface area contributed by atoms with Crippen LogP contribution in [0.2, 0.25) is 0 Å². The summed E-state index contributed by atoms with van der Waals surface area (Å²) in [4.78, 5) is 12.3. The van der Waals surface area contributed by atoms with Crippen molar-refractivity contribution < 1.29 is 14.6 Å². The molecule has 1 aromatic carbocycles. The Morgan fingerprint density at radius 3 is 2.24 bits per heavy atom. The van der Waals surface area contributed by atoms with Gasteiger partial charge in [-0.3, -0.25) is 4.79 Å². The van der Waals surface area contributed by atoms with E-state index >= 15 is 0 Å². The average molecular weight is 293 g/mol. The van der Waals surface area contributed by atoms with Gasteiger partial charge in [0.15, 0.2) is 0 Å². The molecule has 0 heterocycles. The number of hydrogen-bond donors (Lipinski definition) is 2. The summed E-state index contributed by atoms with van der Waals surface area (Å²) in [6.45, 7) is 8.70. The van der Waals surface area contributed by atoms with Crippen molar-refractivity contribution >= 4 is 5.91 Å². The molecule has 1 aromatic rings. The van der Waals surface area contributed by atoms with Gasteiger partial charge in [0.05, 0.1) is 18.8 Å². The molecule has 2 N–H and O–H groups in total. The first-order chi connectivity index (χ1) is 9.96. The minimum absolute atomic E-state index is 0.0542. The normalized spacial score (nSPS) is 11.5. The first kappa shape index (κ1) is 17.5. The largest absolute Gasteiger partial charge is 0.493 e. The summed E-state index contributed by atoms with van der Waals surface area (Å²) < 4.78 is 5.59. The minimum Gasteiger partial charge on any atom is -0.493 e. The molecule has 0 saturated heterocycles. The molecular weight excluding hydrogens is 266 g/mol. The highest BCUT2D eigenvalue weighted by Gasteiger charge is 2.27. The lowest BCUT2D eigenvalue weighted by Crippen LogP contribution is -2.50. The van der Waals surface area contributed by atoms with Crippen LogP contribution in [0.4, 0.5) is 0 Å². The van der Waals surface area contributed by atoms with Crippen LogP contribution in [-0.2, 0) is 0 Å². The van der Waals surface area contributed by atoms with Crippen LogP contribution in [0.3, 0.4) is 0 Å². The number of nitrogens with one attached hydrogen (secondary N) is 1. The lowest BCUT2D eigenvalue weighted by Gasteiger charge is -2.30. The number of aliphatic hydroxyl groups is 1. The molecule has 0 atom stereocenters. The molecular formula is C17H27NO3. The third kappa shape index (κ3) is 5.05. The van der Waals surface area contributed by atoms with E-state index in [2.05, 4.69) is 19.2 Å². The van der Waals surface area contributed by atoms with Gasteiger partial charge in [0, 0.05) is 5.56 Å². The number of carbonyl (C=O) groups is 1. The number of ether oxygens (including phenoxy) is 1. The van der Waals surface area contributed by atoms with Gasteiger partial charge in [-0.05, 0) is 43.0 Å². The van der Waals surface area contributed by atoms with Gasteiger partial charge in [-0.2, -0.15) is 0 Å². The van der Waals surface area contributed by atoms with Crippen LogP contribution in [0.5, 0.6) is 5.75 Å². The fraction of sp³-hybridized carbons (Fsp3) is 0.588. The van der Waals surface area contributed by atoms with Gasteiger partial charge < -0.3 is 15.2 Å². The van der Waals surface area contributed by atoms with Crippen molar-refractivity contribution in [2.75, 3.05) is 13.2 Å². The van der Waals surface area contributed by atoms with Crippen LogP contribution in [0.1, 0.15) is 50.9 Å². The quantitative estimate of drug-likeness (QED) is 0.774. The number of benzene rings is 1. The SMILES string of the molecule is CCC(CC)(CO)NC(=O)c1ccc(OCC(C)C)cc1. The molecule has 0 aromatic heterocycles. The molecule has 0 fully saturated rings. The molecule has 0 radical (unpaired) electrons. The van der Waals surface area contributed by atoms with Crippen LogP contribution in [0.15, 0.2) is 24.3 Å². The summed E-state index contributed by atoms with van der Waals surface area (Å²) in [5.41, 5.74) is 0.0378. The van der Waals surface area contributed by atoms with Crippen LogP contribution in [0.25, 0.3) is 0 Å². The zero-order chi connectivity index (χ0) is 15.9. The van der Waals surface area contributed by atoms with Crippen LogP contribution >= 0.6 is 0 Å². The zero-order valence-electron chi connectivity index (χ0n) is 13.5. The Labute approximate surface area is 127 Å². The van der Waals surface area contributed by atoms with Crippen molar-refractivity contribution in [2.24, 2.45) is 5.92 Å². The van der Waals surface area contributed by atoms with E-state index in [0.29, 0.717) is 30.9 Å². The molecule has 0 aliphatic carbocycles. The highest BCUT2D eigenvalue weighted by Crippen LogP contribution is 2.17. The second-order valence-electron chi connectivity index (χ2n) is 5.83. The van der Waals surface area contributed by atoms with E-state index in [0.717, 1.165) is 5.75 Å². The molecule has 0 unspecified atom stereocenters. The standard InChI is InChI=1S/C17H27NO3/c1-5-17(6-2,12-19)18-16(20)14-7-9-15(10-8-14)21-11-13(3)4/h7-10,13,19H,5-6,11-12H2,1-4H3,(H,18,20). The summed E-state index contributed by atoms with van der Waals surface area (Å²) in [7, 11) is 0. The molecule has 0 aliphatic rings. The van der Waals surface area contributed by atoms with E-state index in [4.69, 9.17) is 4.74 Å². The van der Waals surface area contributed by atoms with Gasteiger partial charge in [0.25, 0.3) is 5.91 Å². The first-order valence-electron chi connectivity index (χ1n) is 7.62. The third-order valence-electron chi connectivity index (χ3n) is 3.73. The van der Waals surface area contributed by atoms with Crippen molar-refractivity contribution in [3.05, 3.63) is 29.8 Å². The van der Waals surface area contributed by atoms with Gasteiger partial charge >= 0.3 is 0 Å². The predicted molar refractivity (Wildman–Crippen MR) is 84.6 cm³/mol. The van der Waals surface area contributed by atoms with E-state index in [1.807, 2.05) is 13.8 Å². The molecule has 0 aliphatic heterocycles. The molecule has 0 bridgehead atoms. The van der Waals surface area contributed by atoms with Gasteiger partial charge in [-0.25, -0.2) is 0 Å². The number of aliphatic hydroxyl groups excluding tert-OH is 1. The van der Waals surface area contributed by atoms with E-state index < -0.39 is 5.54 Å². The highest BCUT2D eigenvalue weighted by molar-refractivity contribution is 5.94. The molecule has 0 saturated carbocycles. The fourth-order valence-electron chi connectivity index (χ4n) is 1.97. The van der Waals surface area contributed by atoms with Gasteiger partial charge in [-0.15, -0.1) is 0 Å². The number of hydrogen-bond acceptors (Lipinski definition) is 3. The fourth-order valence-corrected chi connectivity index (χ4v) is 1.97. The minimum atomic E-state index is -0.538. The maximum absolute atomic E-state index is 12.3. The Morgan fingerprint density at radius 1 is 1.24 bits per heavy atom. The molecule has 4 nitrogen and oxygen atoms in total. The Morgan fingerprint density at radius 2 is 1.81 bits per heavy atom. The van der Waals surface area contributed by atoms with Gasteiger partial charge in [0.1, 0.15) is 5.75 Å². The lowest BCUT2D eigenvalue weighted by molar-refractivity contribution is 0.0818. The average Bonchev–Trinajstić information content (AvgIpc) is 2.51. The third-order valence-corrected chi connectivity index (χ3v) is 3.73. The van der Waals surface area contributed by atoms with Crippen molar-refractivity contribution in [3.63, 3.8) is 0 Å². The van der Waals surface area contributed by atoms with Crippen LogP contribution < -0.4 is 10.1 Å². The van der Waals surface area contributed by atoms with E-state index in [9.17, 15) is 9.90 Å². The molecule has 118 valence electrons. The first-order valence-corrected chi connectivity index (χ1v) is 7.62.